The molecule has 0 saturated heterocycles. The van der Waals surface area contributed by atoms with Crippen LogP contribution >= 0.6 is 0 Å². The fourth-order valence-corrected chi connectivity index (χ4v) is 5.59. The van der Waals surface area contributed by atoms with E-state index in [0.717, 1.165) is 68.6 Å². The Morgan fingerprint density at radius 1 is 0.463 bits per heavy atom. The second-order valence-electron chi connectivity index (χ2n) is 18.4. The zero-order chi connectivity index (χ0) is 40.0. The highest BCUT2D eigenvalue weighted by atomic mass is 15.1. The van der Waals surface area contributed by atoms with Crippen LogP contribution in [0, 0.1) is 13.8 Å². The highest BCUT2D eigenvalue weighted by molar-refractivity contribution is 5.67. The molecule has 0 aliphatic heterocycles. The maximum atomic E-state index is 4.80. The fourth-order valence-electron chi connectivity index (χ4n) is 5.59. The topological polar surface area (TPSA) is 113 Å². The Balaban J connectivity index is 0.000000208. The summed E-state index contributed by atoms with van der Waals surface area (Å²) in [5.41, 5.74) is 5.61. The lowest BCUT2D eigenvalue weighted by molar-refractivity contribution is 0.497. The number of aryl methyl sites for hydroxylation is 3. The van der Waals surface area contributed by atoms with Gasteiger partial charge in [-0.3, -0.25) is 0 Å². The van der Waals surface area contributed by atoms with Gasteiger partial charge in [-0.05, 0) is 26.0 Å². The number of nitrogens with zero attached hydrogens (tertiary/aromatic N) is 10. The molecule has 0 fully saturated rings. The Morgan fingerprint density at radius 3 is 1.15 bits per heavy atom. The van der Waals surface area contributed by atoms with E-state index in [-0.39, 0.29) is 21.7 Å². The lowest BCUT2D eigenvalue weighted by atomic mass is 9.93. The maximum Gasteiger partial charge on any atom is 0.163 e. The van der Waals surface area contributed by atoms with Crippen molar-refractivity contribution in [3.63, 3.8) is 0 Å². The number of imidazole rings is 2. The minimum atomic E-state index is -0.147. The van der Waals surface area contributed by atoms with Gasteiger partial charge in [-0.15, -0.1) is 0 Å². The molecule has 0 amide bonds. The van der Waals surface area contributed by atoms with E-state index in [9.17, 15) is 0 Å². The molecule has 284 valence electrons. The van der Waals surface area contributed by atoms with E-state index in [0.29, 0.717) is 11.6 Å². The molecule has 4 aromatic heterocycles. The van der Waals surface area contributed by atoms with E-state index in [1.807, 2.05) is 62.2 Å². The Morgan fingerprint density at radius 2 is 0.833 bits per heavy atom. The third-order valence-electron chi connectivity index (χ3n) is 8.93. The molecular formula is C44H58N10. The van der Waals surface area contributed by atoms with Gasteiger partial charge in [0.25, 0.3) is 0 Å². The van der Waals surface area contributed by atoms with E-state index in [2.05, 4.69) is 129 Å². The van der Waals surface area contributed by atoms with Crippen LogP contribution in [-0.2, 0) is 35.8 Å². The van der Waals surface area contributed by atoms with Crippen molar-refractivity contribution in [3.8, 4) is 45.6 Å². The smallest absolute Gasteiger partial charge is 0.163 e. The molecule has 0 N–H and O–H groups in total. The largest absolute Gasteiger partial charge is 0.334 e. The van der Waals surface area contributed by atoms with Crippen molar-refractivity contribution in [2.24, 2.45) is 14.1 Å². The van der Waals surface area contributed by atoms with Gasteiger partial charge in [0.2, 0.25) is 0 Å². The molecule has 0 saturated carbocycles. The minimum absolute atomic E-state index is 0.147. The van der Waals surface area contributed by atoms with Crippen molar-refractivity contribution in [3.05, 3.63) is 95.6 Å². The Labute approximate surface area is 322 Å². The molecule has 6 aromatic rings. The molecule has 0 radical (unpaired) electrons. The van der Waals surface area contributed by atoms with Gasteiger partial charge in [0.15, 0.2) is 11.6 Å². The summed E-state index contributed by atoms with van der Waals surface area (Å²) in [6, 6.07) is 16.5. The molecule has 0 unspecified atom stereocenters. The maximum absolute atomic E-state index is 4.80. The SMILES string of the molecule is Cc1cn(C)c(-c2cccc(-c3nc(C(C)(C)C)nc(C(C)(C)C)n3)c2)n1.Cc1cnc(-c2cccc(-c3nc(C(C)(C)C)nc(C(C)(C)C)n3)c2)n1C. The van der Waals surface area contributed by atoms with Crippen molar-refractivity contribution >= 4 is 0 Å². The summed E-state index contributed by atoms with van der Waals surface area (Å²) in [6.45, 7) is 29.6. The summed E-state index contributed by atoms with van der Waals surface area (Å²) >= 11 is 0. The van der Waals surface area contributed by atoms with Gasteiger partial charge in [0, 0.05) is 76.1 Å². The molecule has 0 bridgehead atoms. The molecule has 4 heterocycles. The average Bonchev–Trinajstić information content (AvgIpc) is 3.61. The zero-order valence-electron chi connectivity index (χ0n) is 35.2. The van der Waals surface area contributed by atoms with Gasteiger partial charge < -0.3 is 9.13 Å². The summed E-state index contributed by atoms with van der Waals surface area (Å²) in [5.74, 6) is 6.57. The average molecular weight is 727 g/mol. The first-order valence-electron chi connectivity index (χ1n) is 18.7. The lowest BCUT2D eigenvalue weighted by Gasteiger charge is -2.22. The minimum Gasteiger partial charge on any atom is -0.334 e. The van der Waals surface area contributed by atoms with Crippen LogP contribution < -0.4 is 0 Å². The predicted molar refractivity (Wildman–Crippen MR) is 219 cm³/mol. The molecule has 2 aromatic carbocycles. The van der Waals surface area contributed by atoms with Crippen molar-refractivity contribution in [2.45, 2.75) is 119 Å². The molecule has 0 aliphatic carbocycles. The van der Waals surface area contributed by atoms with Crippen molar-refractivity contribution in [2.75, 3.05) is 0 Å². The van der Waals surface area contributed by atoms with Gasteiger partial charge in [-0.2, -0.15) is 0 Å². The van der Waals surface area contributed by atoms with Crippen molar-refractivity contribution < 1.29 is 0 Å². The molecule has 54 heavy (non-hydrogen) atoms. The lowest BCUT2D eigenvalue weighted by Crippen LogP contribution is -2.24. The van der Waals surface area contributed by atoms with E-state index >= 15 is 0 Å². The Hall–Kier alpha value is -5.12. The summed E-state index contributed by atoms with van der Waals surface area (Å²) in [5, 5.41) is 0. The van der Waals surface area contributed by atoms with Gasteiger partial charge in [-0.1, -0.05) is 119 Å². The van der Waals surface area contributed by atoms with Crippen LogP contribution in [0.25, 0.3) is 45.6 Å². The van der Waals surface area contributed by atoms with E-state index in [1.165, 1.54) is 0 Å². The molecule has 0 spiro atoms. The van der Waals surface area contributed by atoms with Crippen LogP contribution in [0.2, 0.25) is 0 Å². The number of hydrogen-bond acceptors (Lipinski definition) is 8. The molecular weight excluding hydrogens is 669 g/mol. The molecule has 10 nitrogen and oxygen atoms in total. The highest BCUT2D eigenvalue weighted by Crippen LogP contribution is 2.30. The van der Waals surface area contributed by atoms with Crippen LogP contribution in [0.1, 0.15) is 118 Å². The Bertz CT molecular complexity index is 2080. The number of aromatic nitrogens is 10. The van der Waals surface area contributed by atoms with E-state index < -0.39 is 0 Å². The molecule has 6 rings (SSSR count). The summed E-state index contributed by atoms with van der Waals surface area (Å²) < 4.78 is 4.14. The normalized spacial score (nSPS) is 12.4. The predicted octanol–water partition coefficient (Wildman–Crippen LogP) is 9.69. The number of benzene rings is 2. The first-order valence-corrected chi connectivity index (χ1v) is 18.7. The summed E-state index contributed by atoms with van der Waals surface area (Å²) in [6.07, 6.45) is 3.92. The first kappa shape index (κ1) is 40.1. The standard InChI is InChI=1S/2C22H29N5/c1-14-13-27(8)18(23-14)16-11-9-10-15(12-16)17-24-19(21(2,3)4)26-20(25-17)22(5,6)7;1-14-13-23-18(27(14)8)16-11-9-10-15(12-16)17-24-19(21(2,3)4)26-20(25-17)22(5,6)7/h2*9-13H,1-8H3. The van der Waals surface area contributed by atoms with Crippen molar-refractivity contribution in [1.82, 2.24) is 49.0 Å². The van der Waals surface area contributed by atoms with E-state index in [4.69, 9.17) is 29.9 Å². The van der Waals surface area contributed by atoms with Gasteiger partial charge in [0.05, 0.1) is 5.69 Å². The third-order valence-corrected chi connectivity index (χ3v) is 8.93. The quantitative estimate of drug-likeness (QED) is 0.177. The van der Waals surface area contributed by atoms with Crippen LogP contribution in [0.5, 0.6) is 0 Å². The zero-order valence-corrected chi connectivity index (χ0v) is 35.2. The third kappa shape index (κ3) is 9.14. The monoisotopic (exact) mass is 726 g/mol. The number of hydrogen-bond donors (Lipinski definition) is 0. The summed E-state index contributed by atoms with van der Waals surface area (Å²) in [7, 11) is 4.04. The second kappa shape index (κ2) is 14.6. The fraction of sp³-hybridized carbons (Fsp3) is 0.455. The first-order chi connectivity index (χ1) is 24.9. The molecule has 10 heteroatoms. The molecule has 0 aliphatic rings. The van der Waals surface area contributed by atoms with Gasteiger partial charge >= 0.3 is 0 Å². The van der Waals surface area contributed by atoms with Crippen LogP contribution in [-0.4, -0.2) is 49.0 Å². The summed E-state index contributed by atoms with van der Waals surface area (Å²) in [4.78, 5) is 37.9. The van der Waals surface area contributed by atoms with E-state index in [1.54, 1.807) is 0 Å². The van der Waals surface area contributed by atoms with Crippen LogP contribution in [0.3, 0.4) is 0 Å². The van der Waals surface area contributed by atoms with Crippen LogP contribution in [0.15, 0.2) is 60.9 Å². The highest BCUT2D eigenvalue weighted by Gasteiger charge is 2.27. The van der Waals surface area contributed by atoms with Gasteiger partial charge in [0.1, 0.15) is 34.9 Å². The number of rotatable bonds is 4. The van der Waals surface area contributed by atoms with Crippen LogP contribution in [0.4, 0.5) is 0 Å². The molecule has 0 atom stereocenters. The van der Waals surface area contributed by atoms with Gasteiger partial charge in [-0.25, -0.2) is 39.9 Å². The van der Waals surface area contributed by atoms with Crippen molar-refractivity contribution in [1.29, 1.82) is 0 Å². The Kier molecular flexibility index (Phi) is 10.8. The second-order valence-corrected chi connectivity index (χ2v) is 18.4.